The summed E-state index contributed by atoms with van der Waals surface area (Å²) in [6, 6.07) is 20.2. The third-order valence-corrected chi connectivity index (χ3v) is 4.34. The normalized spacial score (nSPS) is 10.6. The first-order valence-electron chi connectivity index (χ1n) is 9.09. The number of rotatable bonds is 6. The van der Waals surface area contributed by atoms with Crippen molar-refractivity contribution in [3.63, 3.8) is 0 Å². The van der Waals surface area contributed by atoms with E-state index in [1.165, 1.54) is 24.3 Å². The van der Waals surface area contributed by atoms with Crippen LogP contribution in [0, 0.1) is 11.6 Å². The van der Waals surface area contributed by atoms with Crippen LogP contribution in [0.4, 0.5) is 14.5 Å². The number of carbonyl (C=O) groups is 1. The number of halogens is 2. The summed E-state index contributed by atoms with van der Waals surface area (Å²) in [5, 5.41) is 6.54. The summed E-state index contributed by atoms with van der Waals surface area (Å²) in [4.78, 5) is 12.4. The average molecular weight is 406 g/mol. The molecule has 4 aromatic rings. The van der Waals surface area contributed by atoms with Gasteiger partial charge in [-0.2, -0.15) is 0 Å². The molecule has 7 heteroatoms. The van der Waals surface area contributed by atoms with Gasteiger partial charge in [-0.25, -0.2) is 8.78 Å². The van der Waals surface area contributed by atoms with Crippen LogP contribution in [0.2, 0.25) is 0 Å². The Morgan fingerprint density at radius 1 is 0.967 bits per heavy atom. The number of aromatic nitrogens is 1. The van der Waals surface area contributed by atoms with Crippen molar-refractivity contribution in [1.29, 1.82) is 0 Å². The minimum atomic E-state index is -0.476. The van der Waals surface area contributed by atoms with E-state index in [0.717, 1.165) is 0 Å². The van der Waals surface area contributed by atoms with Gasteiger partial charge in [-0.3, -0.25) is 4.79 Å². The number of anilines is 1. The summed E-state index contributed by atoms with van der Waals surface area (Å²) in [6.07, 6.45) is 0. The maximum Gasteiger partial charge on any atom is 0.294 e. The standard InChI is InChI=1S/C23H16F2N2O3/c24-17-7-5-15(6-8-17)21-13-22(30-27-21)23(28)26-18-9-11-19(12-10-18)29-14-16-3-1-2-4-20(16)25/h1-13H,14H2,(H,26,28). The Morgan fingerprint density at radius 3 is 2.43 bits per heavy atom. The van der Waals surface area contributed by atoms with Crippen molar-refractivity contribution in [3.05, 3.63) is 102 Å². The Hall–Kier alpha value is -4.00. The lowest BCUT2D eigenvalue weighted by Gasteiger charge is -2.08. The van der Waals surface area contributed by atoms with Crippen molar-refractivity contribution in [1.82, 2.24) is 5.16 Å². The maximum absolute atomic E-state index is 13.6. The largest absolute Gasteiger partial charge is 0.489 e. The zero-order valence-electron chi connectivity index (χ0n) is 15.6. The van der Waals surface area contributed by atoms with E-state index in [1.54, 1.807) is 54.6 Å². The highest BCUT2D eigenvalue weighted by molar-refractivity contribution is 6.02. The Labute approximate surface area is 170 Å². The number of carbonyl (C=O) groups excluding carboxylic acids is 1. The minimum absolute atomic E-state index is 0.0224. The number of benzene rings is 3. The number of nitrogens with one attached hydrogen (secondary N) is 1. The van der Waals surface area contributed by atoms with E-state index in [2.05, 4.69) is 10.5 Å². The van der Waals surface area contributed by atoms with Crippen molar-refractivity contribution in [2.75, 3.05) is 5.32 Å². The Bertz CT molecular complexity index is 1160. The minimum Gasteiger partial charge on any atom is -0.489 e. The molecule has 0 aliphatic carbocycles. The number of amides is 1. The fourth-order valence-electron chi connectivity index (χ4n) is 2.74. The zero-order chi connectivity index (χ0) is 20.9. The molecule has 1 amide bonds. The summed E-state index contributed by atoms with van der Waals surface area (Å²) in [5.74, 6) is -0.602. The summed E-state index contributed by atoms with van der Waals surface area (Å²) < 4.78 is 37.3. The van der Waals surface area contributed by atoms with Crippen LogP contribution in [0.1, 0.15) is 16.1 Å². The van der Waals surface area contributed by atoms with Crippen molar-refractivity contribution >= 4 is 11.6 Å². The third kappa shape index (κ3) is 4.52. The van der Waals surface area contributed by atoms with Gasteiger partial charge in [0, 0.05) is 22.9 Å². The van der Waals surface area contributed by atoms with Gasteiger partial charge in [-0.05, 0) is 54.6 Å². The van der Waals surface area contributed by atoms with Gasteiger partial charge >= 0.3 is 0 Å². The molecule has 0 atom stereocenters. The fourth-order valence-corrected chi connectivity index (χ4v) is 2.74. The molecule has 3 aromatic carbocycles. The molecule has 30 heavy (non-hydrogen) atoms. The predicted octanol–water partition coefficient (Wildman–Crippen LogP) is 5.45. The predicted molar refractivity (Wildman–Crippen MR) is 107 cm³/mol. The van der Waals surface area contributed by atoms with Crippen molar-refractivity contribution < 1.29 is 22.8 Å². The van der Waals surface area contributed by atoms with E-state index in [1.807, 2.05) is 0 Å². The molecule has 0 radical (unpaired) electrons. The van der Waals surface area contributed by atoms with E-state index >= 15 is 0 Å². The van der Waals surface area contributed by atoms with Gasteiger partial charge in [-0.15, -0.1) is 0 Å². The van der Waals surface area contributed by atoms with Crippen LogP contribution in [0.5, 0.6) is 5.75 Å². The molecule has 0 aliphatic heterocycles. The molecule has 1 N–H and O–H groups in total. The molecule has 150 valence electrons. The molecule has 0 unspecified atom stereocenters. The lowest BCUT2D eigenvalue weighted by molar-refractivity contribution is 0.0988. The lowest BCUT2D eigenvalue weighted by atomic mass is 10.1. The maximum atomic E-state index is 13.6. The molecular formula is C23H16F2N2O3. The number of nitrogens with zero attached hydrogens (tertiary/aromatic N) is 1. The SMILES string of the molecule is O=C(Nc1ccc(OCc2ccccc2F)cc1)c1cc(-c2ccc(F)cc2)no1. The number of hydrogen-bond acceptors (Lipinski definition) is 4. The zero-order valence-corrected chi connectivity index (χ0v) is 15.6. The van der Waals surface area contributed by atoms with Gasteiger partial charge in [0.1, 0.15) is 29.7 Å². The van der Waals surface area contributed by atoms with Crippen molar-refractivity contribution in [2.24, 2.45) is 0 Å². The van der Waals surface area contributed by atoms with Crippen LogP contribution in [0.3, 0.4) is 0 Å². The molecule has 5 nitrogen and oxygen atoms in total. The van der Waals surface area contributed by atoms with Gasteiger partial charge in [0.05, 0.1) is 0 Å². The molecule has 0 aliphatic rings. The molecular weight excluding hydrogens is 390 g/mol. The lowest BCUT2D eigenvalue weighted by Crippen LogP contribution is -2.10. The average Bonchev–Trinajstić information content (AvgIpc) is 3.25. The highest BCUT2D eigenvalue weighted by Crippen LogP contribution is 2.21. The van der Waals surface area contributed by atoms with Gasteiger partial charge in [-0.1, -0.05) is 23.4 Å². The highest BCUT2D eigenvalue weighted by atomic mass is 19.1. The Morgan fingerprint density at radius 2 is 1.70 bits per heavy atom. The second kappa shape index (κ2) is 8.57. The van der Waals surface area contributed by atoms with Crippen LogP contribution in [-0.2, 0) is 6.61 Å². The third-order valence-electron chi connectivity index (χ3n) is 4.34. The molecule has 0 spiro atoms. The van der Waals surface area contributed by atoms with E-state index in [0.29, 0.717) is 28.3 Å². The fraction of sp³-hybridized carbons (Fsp3) is 0.0435. The van der Waals surface area contributed by atoms with Crippen LogP contribution in [0.25, 0.3) is 11.3 Å². The van der Waals surface area contributed by atoms with Crippen molar-refractivity contribution in [3.8, 4) is 17.0 Å². The Balaban J connectivity index is 1.37. The summed E-state index contributed by atoms with van der Waals surface area (Å²) >= 11 is 0. The van der Waals surface area contributed by atoms with Crippen LogP contribution in [0.15, 0.2) is 83.4 Å². The molecule has 1 aromatic heterocycles. The number of hydrogen-bond donors (Lipinski definition) is 1. The van der Waals surface area contributed by atoms with Crippen molar-refractivity contribution in [2.45, 2.75) is 6.61 Å². The Kier molecular flexibility index (Phi) is 5.52. The molecule has 0 saturated heterocycles. The van der Waals surface area contributed by atoms with Crippen LogP contribution in [-0.4, -0.2) is 11.1 Å². The van der Waals surface area contributed by atoms with Crippen LogP contribution >= 0.6 is 0 Å². The first-order chi connectivity index (χ1) is 14.6. The second-order valence-electron chi connectivity index (χ2n) is 6.44. The van der Waals surface area contributed by atoms with Gasteiger partial charge in [0.25, 0.3) is 5.91 Å². The first kappa shape index (κ1) is 19.3. The van der Waals surface area contributed by atoms with Gasteiger partial charge < -0.3 is 14.6 Å². The highest BCUT2D eigenvalue weighted by Gasteiger charge is 2.14. The van der Waals surface area contributed by atoms with Crippen LogP contribution < -0.4 is 10.1 Å². The smallest absolute Gasteiger partial charge is 0.294 e. The monoisotopic (exact) mass is 406 g/mol. The van der Waals surface area contributed by atoms with Gasteiger partial charge in [0.15, 0.2) is 0 Å². The van der Waals surface area contributed by atoms with E-state index < -0.39 is 5.91 Å². The molecule has 0 fully saturated rings. The molecule has 0 saturated carbocycles. The van der Waals surface area contributed by atoms with Gasteiger partial charge in [0.2, 0.25) is 5.76 Å². The topological polar surface area (TPSA) is 64.4 Å². The summed E-state index contributed by atoms with van der Waals surface area (Å²) in [6.45, 7) is 0.0998. The van der Waals surface area contributed by atoms with E-state index in [-0.39, 0.29) is 24.0 Å². The first-order valence-corrected chi connectivity index (χ1v) is 9.09. The van der Waals surface area contributed by atoms with E-state index in [9.17, 15) is 13.6 Å². The second-order valence-corrected chi connectivity index (χ2v) is 6.44. The quantitative estimate of drug-likeness (QED) is 0.462. The number of ether oxygens (including phenoxy) is 1. The van der Waals surface area contributed by atoms with E-state index in [4.69, 9.17) is 9.26 Å². The summed E-state index contributed by atoms with van der Waals surface area (Å²) in [5.41, 5.74) is 2.04. The molecule has 1 heterocycles. The molecule has 4 rings (SSSR count). The summed E-state index contributed by atoms with van der Waals surface area (Å²) in [7, 11) is 0. The molecule has 0 bridgehead atoms.